The van der Waals surface area contributed by atoms with Crippen LogP contribution in [-0.4, -0.2) is 12.3 Å². The van der Waals surface area contributed by atoms with Crippen molar-refractivity contribution in [3.63, 3.8) is 0 Å². The van der Waals surface area contributed by atoms with Crippen molar-refractivity contribution in [2.75, 3.05) is 12.3 Å². The zero-order valence-corrected chi connectivity index (χ0v) is 14.0. The first-order valence-corrected chi connectivity index (χ1v) is 8.81. The van der Waals surface area contributed by atoms with Crippen molar-refractivity contribution in [3.8, 4) is 5.75 Å². The number of rotatable bonds is 4. The second-order valence-electron chi connectivity index (χ2n) is 7.66. The summed E-state index contributed by atoms with van der Waals surface area (Å²) in [5, 5.41) is 0. The Morgan fingerprint density at radius 3 is 1.68 bits per heavy atom. The van der Waals surface area contributed by atoms with Gasteiger partial charge in [-0.25, -0.2) is 0 Å². The van der Waals surface area contributed by atoms with Crippen LogP contribution in [0.15, 0.2) is 30.3 Å². The molecule has 0 aliphatic heterocycles. The molecule has 0 aromatic heterocycles. The van der Waals surface area contributed by atoms with E-state index in [1.54, 1.807) is 0 Å². The second-order valence-corrected chi connectivity index (χ2v) is 10.1. The lowest BCUT2D eigenvalue weighted by Crippen LogP contribution is -2.22. The van der Waals surface area contributed by atoms with Crippen molar-refractivity contribution in [3.05, 3.63) is 30.3 Å². The first-order chi connectivity index (χ1) is 8.49. The van der Waals surface area contributed by atoms with Gasteiger partial charge in [-0.15, -0.1) is 0 Å². The van der Waals surface area contributed by atoms with Gasteiger partial charge in [0, 0.05) is 12.3 Å². The minimum Gasteiger partial charge on any atom is -0.443 e. The SMILES string of the molecule is CC(C)(C)CP(=O)(CC(C)(C)C)Oc1ccccc1. The molecule has 1 aromatic rings. The van der Waals surface area contributed by atoms with Gasteiger partial charge < -0.3 is 4.52 Å². The fourth-order valence-corrected chi connectivity index (χ4v) is 5.88. The predicted octanol–water partition coefficient (Wildman–Crippen LogP) is 5.44. The van der Waals surface area contributed by atoms with Crippen LogP contribution in [0.5, 0.6) is 5.75 Å². The van der Waals surface area contributed by atoms with Crippen LogP contribution in [0.25, 0.3) is 0 Å². The van der Waals surface area contributed by atoms with E-state index in [1.165, 1.54) is 0 Å². The second kappa shape index (κ2) is 5.71. The lowest BCUT2D eigenvalue weighted by atomic mass is 10.0. The molecule has 0 saturated heterocycles. The predicted molar refractivity (Wildman–Crippen MR) is 83.3 cm³/mol. The van der Waals surface area contributed by atoms with E-state index in [4.69, 9.17) is 4.52 Å². The molecule has 0 radical (unpaired) electrons. The van der Waals surface area contributed by atoms with E-state index in [0.29, 0.717) is 18.1 Å². The van der Waals surface area contributed by atoms with Crippen molar-refractivity contribution in [2.45, 2.75) is 41.5 Å². The summed E-state index contributed by atoms with van der Waals surface area (Å²) in [6.07, 6.45) is 1.21. The number of hydrogen-bond acceptors (Lipinski definition) is 2. The molecule has 19 heavy (non-hydrogen) atoms. The molecule has 0 atom stereocenters. The maximum atomic E-state index is 13.2. The molecule has 108 valence electrons. The highest BCUT2D eigenvalue weighted by Crippen LogP contribution is 2.54. The van der Waals surface area contributed by atoms with Crippen molar-refractivity contribution < 1.29 is 9.09 Å². The Balaban J connectivity index is 2.96. The number of benzene rings is 1. The van der Waals surface area contributed by atoms with Crippen LogP contribution >= 0.6 is 7.37 Å². The van der Waals surface area contributed by atoms with Crippen molar-refractivity contribution in [1.82, 2.24) is 0 Å². The monoisotopic (exact) mass is 282 g/mol. The molecule has 0 fully saturated rings. The van der Waals surface area contributed by atoms with Gasteiger partial charge in [0.1, 0.15) is 5.75 Å². The molecule has 1 rings (SSSR count). The quantitative estimate of drug-likeness (QED) is 0.688. The molecule has 0 unspecified atom stereocenters. The molecule has 0 aliphatic carbocycles. The largest absolute Gasteiger partial charge is 0.443 e. The Morgan fingerprint density at radius 2 is 1.32 bits per heavy atom. The van der Waals surface area contributed by atoms with Crippen LogP contribution in [0.1, 0.15) is 41.5 Å². The van der Waals surface area contributed by atoms with Crippen LogP contribution < -0.4 is 4.52 Å². The maximum absolute atomic E-state index is 13.2. The van der Waals surface area contributed by atoms with Gasteiger partial charge in [0.05, 0.1) is 0 Å². The minimum absolute atomic E-state index is 0.00441. The molecule has 0 saturated carbocycles. The Labute approximate surface area is 118 Å². The number of hydrogen-bond donors (Lipinski definition) is 0. The zero-order chi connectivity index (χ0) is 14.7. The van der Waals surface area contributed by atoms with Gasteiger partial charge in [-0.05, 0) is 23.0 Å². The first-order valence-electron chi connectivity index (χ1n) is 6.82. The van der Waals surface area contributed by atoms with E-state index in [9.17, 15) is 4.57 Å². The topological polar surface area (TPSA) is 26.3 Å². The summed E-state index contributed by atoms with van der Waals surface area (Å²) < 4.78 is 19.1. The molecule has 3 heteroatoms. The van der Waals surface area contributed by atoms with Crippen LogP contribution in [0.3, 0.4) is 0 Å². The molecule has 0 N–H and O–H groups in total. The van der Waals surface area contributed by atoms with E-state index in [2.05, 4.69) is 41.5 Å². The van der Waals surface area contributed by atoms with Gasteiger partial charge in [0.25, 0.3) is 0 Å². The van der Waals surface area contributed by atoms with Gasteiger partial charge in [-0.1, -0.05) is 59.7 Å². The van der Waals surface area contributed by atoms with E-state index >= 15 is 0 Å². The standard InChI is InChI=1S/C16H27O2P/c1-15(2,3)12-19(17,13-16(4,5)6)18-14-10-8-7-9-11-14/h7-11H,12-13H2,1-6H3. The van der Waals surface area contributed by atoms with E-state index < -0.39 is 7.37 Å². The molecule has 0 heterocycles. The van der Waals surface area contributed by atoms with Crippen LogP contribution in [0.2, 0.25) is 0 Å². The van der Waals surface area contributed by atoms with E-state index in [-0.39, 0.29) is 10.8 Å². The van der Waals surface area contributed by atoms with Crippen LogP contribution in [0, 0.1) is 10.8 Å². The summed E-state index contributed by atoms with van der Waals surface area (Å²) in [5.41, 5.74) is -0.00881. The number of para-hydroxylation sites is 1. The van der Waals surface area contributed by atoms with Crippen molar-refractivity contribution in [2.24, 2.45) is 10.8 Å². The average Bonchev–Trinajstić information content (AvgIpc) is 2.11. The molecular formula is C16H27O2P. The minimum atomic E-state index is -2.68. The summed E-state index contributed by atoms with van der Waals surface area (Å²) in [7, 11) is -2.68. The first kappa shape index (κ1) is 16.3. The Morgan fingerprint density at radius 1 is 0.895 bits per heavy atom. The summed E-state index contributed by atoms with van der Waals surface area (Å²) in [5.74, 6) is 0.708. The Bertz CT molecular complexity index is 418. The molecule has 0 bridgehead atoms. The third-order valence-electron chi connectivity index (χ3n) is 2.45. The van der Waals surface area contributed by atoms with E-state index in [0.717, 1.165) is 0 Å². The van der Waals surface area contributed by atoms with Gasteiger partial charge in [-0.3, -0.25) is 4.57 Å². The third-order valence-corrected chi connectivity index (χ3v) is 5.85. The van der Waals surface area contributed by atoms with Gasteiger partial charge in [0.15, 0.2) is 0 Å². The lowest BCUT2D eigenvalue weighted by molar-refractivity contribution is 0.393. The molecular weight excluding hydrogens is 255 g/mol. The molecule has 0 aliphatic rings. The molecule has 0 amide bonds. The van der Waals surface area contributed by atoms with Gasteiger partial charge in [0.2, 0.25) is 7.37 Å². The Kier molecular flexibility index (Phi) is 4.90. The maximum Gasteiger partial charge on any atom is 0.248 e. The highest BCUT2D eigenvalue weighted by molar-refractivity contribution is 7.59. The normalized spacial score (nSPS) is 13.4. The molecule has 0 spiro atoms. The fraction of sp³-hybridized carbons (Fsp3) is 0.625. The summed E-state index contributed by atoms with van der Waals surface area (Å²) in [6, 6.07) is 9.50. The highest BCUT2D eigenvalue weighted by Gasteiger charge is 2.35. The summed E-state index contributed by atoms with van der Waals surface area (Å²) >= 11 is 0. The Hall–Kier alpha value is -0.750. The summed E-state index contributed by atoms with van der Waals surface area (Å²) in [6.45, 7) is 12.6. The smallest absolute Gasteiger partial charge is 0.248 e. The van der Waals surface area contributed by atoms with Gasteiger partial charge >= 0.3 is 0 Å². The molecule has 2 nitrogen and oxygen atoms in total. The van der Waals surface area contributed by atoms with Crippen LogP contribution in [-0.2, 0) is 4.57 Å². The zero-order valence-electron chi connectivity index (χ0n) is 13.1. The fourth-order valence-electron chi connectivity index (χ4n) is 2.24. The van der Waals surface area contributed by atoms with Crippen molar-refractivity contribution >= 4 is 7.37 Å². The third kappa shape index (κ3) is 6.82. The van der Waals surface area contributed by atoms with E-state index in [1.807, 2.05) is 30.3 Å². The highest BCUT2D eigenvalue weighted by atomic mass is 31.2. The summed E-state index contributed by atoms with van der Waals surface area (Å²) in [4.78, 5) is 0. The average molecular weight is 282 g/mol. The lowest BCUT2D eigenvalue weighted by Gasteiger charge is -2.31. The van der Waals surface area contributed by atoms with Crippen LogP contribution in [0.4, 0.5) is 0 Å². The molecule has 1 aromatic carbocycles. The van der Waals surface area contributed by atoms with Gasteiger partial charge in [-0.2, -0.15) is 0 Å². The van der Waals surface area contributed by atoms with Crippen molar-refractivity contribution in [1.29, 1.82) is 0 Å².